The second-order valence-corrected chi connectivity index (χ2v) is 8.34. The van der Waals surface area contributed by atoms with Crippen molar-refractivity contribution in [3.8, 4) is 22.8 Å². The summed E-state index contributed by atoms with van der Waals surface area (Å²) in [4.78, 5) is 15.8. The number of carbonyl (C=O) groups is 1. The van der Waals surface area contributed by atoms with E-state index in [1.54, 1.807) is 24.4 Å². The maximum atomic E-state index is 14.7. The number of carboxylic acid groups (broad SMARTS) is 1. The molecule has 35 heavy (non-hydrogen) atoms. The summed E-state index contributed by atoms with van der Waals surface area (Å²) in [5.74, 6) is -5.63. The number of pyridine rings is 1. The third kappa shape index (κ3) is 3.84. The summed E-state index contributed by atoms with van der Waals surface area (Å²) in [6.07, 6.45) is 1.67. The third-order valence-electron chi connectivity index (χ3n) is 5.74. The molecular formula is C26H18F3N3O3. The van der Waals surface area contributed by atoms with Gasteiger partial charge in [0, 0.05) is 16.3 Å². The number of fused-ring (bicyclic) bond motifs is 2. The zero-order valence-electron chi connectivity index (χ0n) is 18.6. The number of halogens is 3. The van der Waals surface area contributed by atoms with Crippen molar-refractivity contribution in [2.24, 2.45) is 0 Å². The molecule has 5 rings (SSSR count). The van der Waals surface area contributed by atoms with E-state index in [1.165, 1.54) is 12.1 Å². The lowest BCUT2D eigenvalue weighted by molar-refractivity contribution is 0.0690. The van der Waals surface area contributed by atoms with E-state index in [9.17, 15) is 18.0 Å². The Labute approximate surface area is 197 Å². The standard InChI is InChI=1S/C26H18F3N3O3/c1-12(2)21-22(13-3-5-15(27)6-4-13)17-9-14-11-30-32-18(14)10-19(17)31-25(21)35-20-8-7-16(26(33)34)23(28)24(20)29/h3-12H,1-2H3,(H,30,32)(H,33,34). The molecular weight excluding hydrogens is 459 g/mol. The maximum absolute atomic E-state index is 14.7. The van der Waals surface area contributed by atoms with E-state index >= 15 is 0 Å². The van der Waals surface area contributed by atoms with E-state index in [-0.39, 0.29) is 11.8 Å². The van der Waals surface area contributed by atoms with E-state index in [0.717, 1.165) is 22.9 Å². The zero-order valence-corrected chi connectivity index (χ0v) is 18.6. The molecule has 0 fully saturated rings. The number of rotatable bonds is 5. The van der Waals surface area contributed by atoms with Gasteiger partial charge in [-0.25, -0.2) is 18.6 Å². The molecule has 0 unspecified atom stereocenters. The molecule has 0 amide bonds. The summed E-state index contributed by atoms with van der Waals surface area (Å²) in [5.41, 5.74) is 2.37. The largest absolute Gasteiger partial charge is 0.478 e. The molecule has 0 radical (unpaired) electrons. The topological polar surface area (TPSA) is 88.1 Å². The van der Waals surface area contributed by atoms with Gasteiger partial charge in [-0.2, -0.15) is 9.49 Å². The minimum Gasteiger partial charge on any atom is -0.478 e. The maximum Gasteiger partial charge on any atom is 0.338 e. The van der Waals surface area contributed by atoms with Crippen LogP contribution in [0.3, 0.4) is 0 Å². The van der Waals surface area contributed by atoms with Gasteiger partial charge < -0.3 is 9.84 Å². The van der Waals surface area contributed by atoms with Crippen molar-refractivity contribution >= 4 is 27.8 Å². The molecule has 5 aromatic rings. The number of aromatic nitrogens is 3. The fraction of sp³-hybridized carbons (Fsp3) is 0.115. The van der Waals surface area contributed by atoms with Crippen molar-refractivity contribution in [1.29, 1.82) is 0 Å². The van der Waals surface area contributed by atoms with Crippen LogP contribution >= 0.6 is 0 Å². The number of hydrogen-bond acceptors (Lipinski definition) is 4. The fourth-order valence-electron chi connectivity index (χ4n) is 4.12. The first kappa shape index (κ1) is 22.4. The van der Waals surface area contributed by atoms with Crippen LogP contribution < -0.4 is 4.74 Å². The molecule has 0 bridgehead atoms. The summed E-state index contributed by atoms with van der Waals surface area (Å²) in [5, 5.41) is 17.6. The molecule has 0 aliphatic carbocycles. The minimum absolute atomic E-state index is 0.0204. The Morgan fingerprint density at radius 1 is 1.03 bits per heavy atom. The lowest BCUT2D eigenvalue weighted by atomic mass is 9.90. The predicted octanol–water partition coefficient (Wildman–Crippen LogP) is 6.81. The van der Waals surface area contributed by atoms with Crippen LogP contribution in [0.25, 0.3) is 32.9 Å². The van der Waals surface area contributed by atoms with Gasteiger partial charge in [0.15, 0.2) is 11.6 Å². The number of benzene rings is 3. The highest BCUT2D eigenvalue weighted by atomic mass is 19.2. The van der Waals surface area contributed by atoms with Gasteiger partial charge in [-0.15, -0.1) is 0 Å². The summed E-state index contributed by atoms with van der Waals surface area (Å²) in [6, 6.07) is 11.6. The first-order valence-corrected chi connectivity index (χ1v) is 10.7. The van der Waals surface area contributed by atoms with Gasteiger partial charge in [-0.1, -0.05) is 26.0 Å². The van der Waals surface area contributed by atoms with E-state index in [2.05, 4.69) is 15.2 Å². The SMILES string of the molecule is CC(C)c1c(Oc2ccc(C(=O)O)c(F)c2F)nc2cc3[nH]ncc3cc2c1-c1ccc(F)cc1. The Bertz CT molecular complexity index is 1610. The quantitative estimate of drug-likeness (QED) is 0.290. The van der Waals surface area contributed by atoms with Crippen molar-refractivity contribution in [2.45, 2.75) is 19.8 Å². The van der Waals surface area contributed by atoms with Crippen LogP contribution in [0.2, 0.25) is 0 Å². The van der Waals surface area contributed by atoms with Crippen LogP contribution in [-0.4, -0.2) is 26.3 Å². The Hall–Kier alpha value is -4.40. The number of aromatic carboxylic acids is 1. The van der Waals surface area contributed by atoms with Crippen molar-refractivity contribution in [1.82, 2.24) is 15.2 Å². The Morgan fingerprint density at radius 2 is 1.77 bits per heavy atom. The highest BCUT2D eigenvalue weighted by Gasteiger charge is 2.24. The second kappa shape index (κ2) is 8.43. The average molecular weight is 477 g/mol. The first-order chi connectivity index (χ1) is 16.7. The monoisotopic (exact) mass is 477 g/mol. The molecule has 6 nitrogen and oxygen atoms in total. The van der Waals surface area contributed by atoms with Crippen molar-refractivity contribution in [3.63, 3.8) is 0 Å². The van der Waals surface area contributed by atoms with Gasteiger partial charge >= 0.3 is 5.97 Å². The molecule has 0 saturated heterocycles. The molecule has 0 aliphatic heterocycles. The number of H-pyrrole nitrogens is 1. The van der Waals surface area contributed by atoms with E-state index in [1.807, 2.05) is 19.9 Å². The van der Waals surface area contributed by atoms with Crippen LogP contribution in [0.15, 0.2) is 54.7 Å². The van der Waals surface area contributed by atoms with E-state index in [0.29, 0.717) is 27.7 Å². The van der Waals surface area contributed by atoms with E-state index in [4.69, 9.17) is 9.84 Å². The van der Waals surface area contributed by atoms with Crippen LogP contribution in [0.5, 0.6) is 11.6 Å². The molecule has 0 aliphatic rings. The molecule has 2 aromatic heterocycles. The summed E-state index contributed by atoms with van der Waals surface area (Å²) in [6.45, 7) is 3.78. The molecule has 0 saturated carbocycles. The zero-order chi connectivity index (χ0) is 24.9. The van der Waals surface area contributed by atoms with Crippen molar-refractivity contribution in [3.05, 3.63) is 83.3 Å². The highest BCUT2D eigenvalue weighted by molar-refractivity contribution is 6.04. The molecule has 9 heteroatoms. The summed E-state index contributed by atoms with van der Waals surface area (Å²) in [7, 11) is 0. The molecule has 0 spiro atoms. The van der Waals surface area contributed by atoms with E-state index < -0.39 is 34.7 Å². The Morgan fingerprint density at radius 3 is 2.46 bits per heavy atom. The van der Waals surface area contributed by atoms with Gasteiger partial charge in [0.1, 0.15) is 5.82 Å². The van der Waals surface area contributed by atoms with Gasteiger partial charge in [0.05, 0.1) is 22.8 Å². The van der Waals surface area contributed by atoms with Crippen LogP contribution in [0.1, 0.15) is 35.7 Å². The third-order valence-corrected chi connectivity index (χ3v) is 5.74. The first-order valence-electron chi connectivity index (χ1n) is 10.7. The minimum atomic E-state index is -1.60. The van der Waals surface area contributed by atoms with Gasteiger partial charge in [0.25, 0.3) is 0 Å². The van der Waals surface area contributed by atoms with Crippen LogP contribution in [0.4, 0.5) is 13.2 Å². The number of hydrogen-bond donors (Lipinski definition) is 2. The molecule has 0 atom stereocenters. The smallest absolute Gasteiger partial charge is 0.338 e. The number of nitrogens with zero attached hydrogens (tertiary/aromatic N) is 2. The summed E-state index contributed by atoms with van der Waals surface area (Å²) >= 11 is 0. The molecule has 176 valence electrons. The highest BCUT2D eigenvalue weighted by Crippen LogP contribution is 2.43. The van der Waals surface area contributed by atoms with Gasteiger partial charge in [-0.3, -0.25) is 5.10 Å². The second-order valence-electron chi connectivity index (χ2n) is 8.34. The Kier molecular flexibility index (Phi) is 5.39. The lowest BCUT2D eigenvalue weighted by Gasteiger charge is -2.20. The van der Waals surface area contributed by atoms with Crippen molar-refractivity contribution in [2.75, 3.05) is 0 Å². The average Bonchev–Trinajstić information content (AvgIpc) is 3.27. The summed E-state index contributed by atoms with van der Waals surface area (Å²) < 4.78 is 48.6. The normalized spacial score (nSPS) is 11.5. The fourth-order valence-corrected chi connectivity index (χ4v) is 4.12. The van der Waals surface area contributed by atoms with Gasteiger partial charge in [-0.05, 0) is 53.4 Å². The van der Waals surface area contributed by atoms with Gasteiger partial charge in [0.2, 0.25) is 11.7 Å². The predicted molar refractivity (Wildman–Crippen MR) is 124 cm³/mol. The number of carboxylic acids is 1. The van der Waals surface area contributed by atoms with Crippen LogP contribution in [-0.2, 0) is 0 Å². The number of nitrogens with one attached hydrogen (secondary N) is 1. The molecule has 3 aromatic carbocycles. The van der Waals surface area contributed by atoms with Crippen molar-refractivity contribution < 1.29 is 27.8 Å². The lowest BCUT2D eigenvalue weighted by Crippen LogP contribution is -2.06. The number of ether oxygens (including phenoxy) is 1. The Balaban J connectivity index is 1.80. The van der Waals surface area contributed by atoms with Crippen LogP contribution in [0, 0.1) is 17.5 Å². The molecule has 2 N–H and O–H groups in total. The number of aromatic amines is 1. The molecule has 2 heterocycles.